The highest BCUT2D eigenvalue weighted by molar-refractivity contribution is 7.84. The van der Waals surface area contributed by atoms with Crippen LogP contribution < -0.4 is 5.56 Å². The van der Waals surface area contributed by atoms with Crippen LogP contribution in [0.2, 0.25) is 0 Å². The number of hydrogen-bond acceptors (Lipinski definition) is 2. The Morgan fingerprint density at radius 1 is 1.06 bits per heavy atom. The maximum atomic E-state index is 11.8. The van der Waals surface area contributed by atoms with Crippen LogP contribution >= 0.6 is 0 Å². The lowest BCUT2D eigenvalue weighted by Crippen LogP contribution is -2.19. The van der Waals surface area contributed by atoms with Crippen LogP contribution in [0.3, 0.4) is 0 Å². The molecule has 0 amide bonds. The molecule has 3 nitrogen and oxygen atoms in total. The quantitative estimate of drug-likeness (QED) is 0.811. The summed E-state index contributed by atoms with van der Waals surface area (Å²) in [5.74, 6) is 0. The highest BCUT2D eigenvalue weighted by Gasteiger charge is 2.07. The van der Waals surface area contributed by atoms with E-state index in [-0.39, 0.29) is 5.56 Å². The van der Waals surface area contributed by atoms with E-state index in [9.17, 15) is 9.00 Å². The smallest absolute Gasteiger partial charge is 0.251 e. The van der Waals surface area contributed by atoms with E-state index in [1.54, 1.807) is 25.4 Å². The number of rotatable bonds is 2. The van der Waals surface area contributed by atoms with Gasteiger partial charge in [-0.25, -0.2) is 0 Å². The topological polar surface area (TPSA) is 39.1 Å². The van der Waals surface area contributed by atoms with Crippen molar-refractivity contribution in [2.75, 3.05) is 6.26 Å². The highest BCUT2D eigenvalue weighted by Crippen LogP contribution is 2.19. The van der Waals surface area contributed by atoms with E-state index in [1.807, 2.05) is 30.3 Å². The van der Waals surface area contributed by atoms with Crippen LogP contribution in [-0.4, -0.2) is 15.0 Å². The molecule has 1 aromatic heterocycles. The first kappa shape index (κ1) is 11.8. The van der Waals surface area contributed by atoms with Crippen LogP contribution in [0.15, 0.2) is 52.3 Å². The minimum atomic E-state index is -1.17. The fourth-order valence-electron chi connectivity index (χ4n) is 1.68. The molecule has 1 aromatic carbocycles. The molecule has 0 aliphatic heterocycles. The summed E-state index contributed by atoms with van der Waals surface area (Å²) in [6.45, 7) is 0. The predicted octanol–water partition coefficient (Wildman–Crippen LogP) is 1.79. The van der Waals surface area contributed by atoms with Crippen molar-refractivity contribution < 1.29 is 4.21 Å². The summed E-state index contributed by atoms with van der Waals surface area (Å²) in [4.78, 5) is 11.8. The number of nitrogens with zero attached hydrogens (tertiary/aromatic N) is 1. The molecule has 2 rings (SSSR count). The minimum Gasteiger partial charge on any atom is -0.304 e. The van der Waals surface area contributed by atoms with E-state index >= 15 is 0 Å². The van der Waals surface area contributed by atoms with E-state index in [0.29, 0.717) is 5.03 Å². The number of hydrogen-bond donors (Lipinski definition) is 0. The molecule has 0 N–H and O–H groups in total. The van der Waals surface area contributed by atoms with Crippen molar-refractivity contribution in [2.45, 2.75) is 5.03 Å². The highest BCUT2D eigenvalue weighted by atomic mass is 32.2. The van der Waals surface area contributed by atoms with Gasteiger partial charge in [-0.3, -0.25) is 9.00 Å². The molecule has 0 fully saturated rings. The monoisotopic (exact) mass is 247 g/mol. The molecule has 0 saturated carbocycles. The second-order valence-electron chi connectivity index (χ2n) is 3.80. The van der Waals surface area contributed by atoms with E-state index in [2.05, 4.69) is 0 Å². The van der Waals surface area contributed by atoms with Crippen molar-refractivity contribution in [3.05, 3.63) is 52.8 Å². The van der Waals surface area contributed by atoms with Gasteiger partial charge in [0, 0.05) is 19.4 Å². The molecule has 1 atom stereocenters. The number of aromatic nitrogens is 1. The third kappa shape index (κ3) is 2.36. The average Bonchev–Trinajstić information content (AvgIpc) is 2.33. The van der Waals surface area contributed by atoms with Crippen LogP contribution in [0, 0.1) is 0 Å². The molecule has 4 heteroatoms. The Hall–Kier alpha value is -1.68. The van der Waals surface area contributed by atoms with Crippen molar-refractivity contribution in [3.63, 3.8) is 0 Å². The molecule has 2 aromatic rings. The van der Waals surface area contributed by atoms with Crippen molar-refractivity contribution in [1.82, 2.24) is 4.57 Å². The summed E-state index contributed by atoms with van der Waals surface area (Å²) in [7, 11) is 0.461. The molecule has 1 unspecified atom stereocenters. The van der Waals surface area contributed by atoms with E-state index < -0.39 is 10.8 Å². The lowest BCUT2D eigenvalue weighted by Gasteiger charge is -2.08. The zero-order valence-electron chi connectivity index (χ0n) is 9.71. The summed E-state index contributed by atoms with van der Waals surface area (Å²) in [5, 5.41) is 0.538. The predicted molar refractivity (Wildman–Crippen MR) is 69.5 cm³/mol. The first-order chi connectivity index (χ1) is 8.09. The van der Waals surface area contributed by atoms with Gasteiger partial charge < -0.3 is 4.57 Å². The average molecular weight is 247 g/mol. The summed E-state index contributed by atoms with van der Waals surface area (Å²) in [5.41, 5.74) is 1.62. The van der Waals surface area contributed by atoms with Gasteiger partial charge in [-0.2, -0.15) is 0 Å². The Kier molecular flexibility index (Phi) is 3.24. The molecule has 0 saturated heterocycles. The van der Waals surface area contributed by atoms with Gasteiger partial charge in [0.05, 0.1) is 10.8 Å². The van der Waals surface area contributed by atoms with Gasteiger partial charge in [-0.05, 0) is 17.2 Å². The molecule has 1 heterocycles. The first-order valence-electron chi connectivity index (χ1n) is 5.19. The summed E-state index contributed by atoms with van der Waals surface area (Å²) < 4.78 is 13.0. The molecule has 17 heavy (non-hydrogen) atoms. The second-order valence-corrected chi connectivity index (χ2v) is 5.13. The summed E-state index contributed by atoms with van der Waals surface area (Å²) >= 11 is 0. The Bertz CT molecular complexity index is 617. The fraction of sp³-hybridized carbons (Fsp3) is 0.154. The Morgan fingerprint density at radius 3 is 2.29 bits per heavy atom. The molecule has 0 aliphatic carbocycles. The Balaban J connectivity index is 2.66. The molecule has 0 aliphatic rings. The van der Waals surface area contributed by atoms with Gasteiger partial charge in [0.25, 0.3) is 5.56 Å². The Labute approximate surface area is 102 Å². The van der Waals surface area contributed by atoms with Crippen molar-refractivity contribution in [1.29, 1.82) is 0 Å². The van der Waals surface area contributed by atoms with Gasteiger partial charge in [0.1, 0.15) is 5.03 Å². The third-order valence-corrected chi connectivity index (χ3v) is 3.60. The Morgan fingerprint density at radius 2 is 1.71 bits per heavy atom. The lowest BCUT2D eigenvalue weighted by molar-refractivity contribution is 0.670. The number of benzene rings is 1. The standard InChI is InChI=1S/C13H13NO2S/c1-14-12(15)8-11(9-13(14)17(2)16)10-6-4-3-5-7-10/h3-9H,1-2H3. The van der Waals surface area contributed by atoms with Crippen LogP contribution in [0.4, 0.5) is 0 Å². The normalized spacial score (nSPS) is 12.4. The minimum absolute atomic E-state index is 0.142. The van der Waals surface area contributed by atoms with E-state index in [1.165, 1.54) is 4.57 Å². The molecule has 0 radical (unpaired) electrons. The van der Waals surface area contributed by atoms with E-state index in [0.717, 1.165) is 11.1 Å². The maximum absolute atomic E-state index is 11.8. The van der Waals surface area contributed by atoms with Crippen LogP contribution in [0.1, 0.15) is 0 Å². The van der Waals surface area contributed by atoms with Crippen molar-refractivity contribution in [3.8, 4) is 11.1 Å². The van der Waals surface area contributed by atoms with Crippen LogP contribution in [0.25, 0.3) is 11.1 Å². The van der Waals surface area contributed by atoms with Crippen molar-refractivity contribution >= 4 is 10.8 Å². The zero-order valence-corrected chi connectivity index (χ0v) is 10.5. The zero-order chi connectivity index (χ0) is 12.4. The molecule has 0 bridgehead atoms. The van der Waals surface area contributed by atoms with Gasteiger partial charge in [-0.15, -0.1) is 0 Å². The van der Waals surface area contributed by atoms with Crippen LogP contribution in [0.5, 0.6) is 0 Å². The maximum Gasteiger partial charge on any atom is 0.251 e. The van der Waals surface area contributed by atoms with Crippen molar-refractivity contribution in [2.24, 2.45) is 7.05 Å². The number of pyridine rings is 1. The fourth-order valence-corrected chi connectivity index (χ4v) is 2.45. The summed E-state index contributed by atoms with van der Waals surface area (Å²) in [6, 6.07) is 13.0. The SMILES string of the molecule is Cn1c(S(C)=O)cc(-c2ccccc2)cc1=O. The lowest BCUT2D eigenvalue weighted by atomic mass is 10.1. The molecular weight excluding hydrogens is 234 g/mol. The largest absolute Gasteiger partial charge is 0.304 e. The first-order valence-corrected chi connectivity index (χ1v) is 6.75. The van der Waals surface area contributed by atoms with Gasteiger partial charge >= 0.3 is 0 Å². The second kappa shape index (κ2) is 4.67. The third-order valence-electron chi connectivity index (χ3n) is 2.62. The van der Waals surface area contributed by atoms with Gasteiger partial charge in [0.15, 0.2) is 0 Å². The van der Waals surface area contributed by atoms with Gasteiger partial charge in [-0.1, -0.05) is 30.3 Å². The summed E-state index contributed by atoms with van der Waals surface area (Å²) in [6.07, 6.45) is 1.57. The van der Waals surface area contributed by atoms with Gasteiger partial charge in [0.2, 0.25) is 0 Å². The molecule has 0 spiro atoms. The van der Waals surface area contributed by atoms with E-state index in [4.69, 9.17) is 0 Å². The van der Waals surface area contributed by atoms with Crippen LogP contribution in [-0.2, 0) is 17.8 Å². The molecular formula is C13H13NO2S. The molecule has 88 valence electrons.